The van der Waals surface area contributed by atoms with Gasteiger partial charge in [0, 0.05) is 25.5 Å². The van der Waals surface area contributed by atoms with Crippen molar-refractivity contribution < 1.29 is 24.2 Å². The summed E-state index contributed by atoms with van der Waals surface area (Å²) in [5.74, 6) is -0.508. The molecule has 0 radical (unpaired) electrons. The first-order valence-corrected chi connectivity index (χ1v) is 14.0. The molecule has 4 aromatic rings. The van der Waals surface area contributed by atoms with Gasteiger partial charge in [0.25, 0.3) is 5.91 Å². The highest BCUT2D eigenvalue weighted by Gasteiger charge is 2.42. The van der Waals surface area contributed by atoms with Gasteiger partial charge in [-0.25, -0.2) is 4.98 Å². The summed E-state index contributed by atoms with van der Waals surface area (Å²) in [6.45, 7) is 3.59. The van der Waals surface area contributed by atoms with Crippen LogP contribution in [0.1, 0.15) is 36.1 Å². The van der Waals surface area contributed by atoms with Crippen molar-refractivity contribution in [2.45, 2.75) is 32.5 Å². The highest BCUT2D eigenvalue weighted by molar-refractivity contribution is 6.14. The zero-order chi connectivity index (χ0) is 29.3. The highest BCUT2D eigenvalue weighted by Crippen LogP contribution is 2.41. The molecule has 5 rings (SSSR count). The van der Waals surface area contributed by atoms with Crippen molar-refractivity contribution in [3.63, 3.8) is 0 Å². The molecular weight excluding hydrogens is 530 g/mol. The Kier molecular flexibility index (Phi) is 9.13. The lowest BCUT2D eigenvalue weighted by atomic mass is 9.95. The Balaban J connectivity index is 1.46. The standard InChI is InChI=1S/C34H33N3O5/c1-2-41-30-22-27(15-17-29(30)42-23-26-12-7-4-8-13-26)32-31(28(38)16-14-25-10-5-3-6-11-25)33(39)34(40)37(32)20-9-19-36-21-18-35-24-36/h3-8,10-18,21-22,24,32,39H,2,9,19-20,23H2,1H3/b16-14+. The molecule has 1 atom stereocenters. The molecule has 1 unspecified atom stereocenters. The number of carbonyl (C=O) groups excluding carboxylic acids is 2. The van der Waals surface area contributed by atoms with E-state index in [0.29, 0.717) is 49.8 Å². The van der Waals surface area contributed by atoms with Crippen molar-refractivity contribution in [3.05, 3.63) is 132 Å². The van der Waals surface area contributed by atoms with Gasteiger partial charge in [-0.15, -0.1) is 0 Å². The largest absolute Gasteiger partial charge is 0.503 e. The van der Waals surface area contributed by atoms with Crippen molar-refractivity contribution >= 4 is 17.8 Å². The third-order valence-corrected chi connectivity index (χ3v) is 6.99. The number of aryl methyl sites for hydroxylation is 1. The van der Waals surface area contributed by atoms with Crippen LogP contribution in [0.2, 0.25) is 0 Å². The molecule has 8 nitrogen and oxygen atoms in total. The van der Waals surface area contributed by atoms with Crippen molar-refractivity contribution in [1.82, 2.24) is 14.5 Å². The van der Waals surface area contributed by atoms with E-state index in [2.05, 4.69) is 4.98 Å². The van der Waals surface area contributed by atoms with Gasteiger partial charge >= 0.3 is 0 Å². The zero-order valence-electron chi connectivity index (χ0n) is 23.4. The van der Waals surface area contributed by atoms with Crippen LogP contribution in [0.15, 0.2) is 115 Å². The summed E-state index contributed by atoms with van der Waals surface area (Å²) in [6.07, 6.45) is 8.94. The number of ether oxygens (including phenoxy) is 2. The lowest BCUT2D eigenvalue weighted by molar-refractivity contribution is -0.129. The Morgan fingerprint density at radius 1 is 0.976 bits per heavy atom. The second kappa shape index (κ2) is 13.5. The number of ketones is 1. The van der Waals surface area contributed by atoms with Gasteiger partial charge in [0.2, 0.25) is 0 Å². The molecule has 1 aromatic heterocycles. The Bertz CT molecular complexity index is 1560. The zero-order valence-corrected chi connectivity index (χ0v) is 23.4. The van der Waals surface area contributed by atoms with Gasteiger partial charge in [-0.05, 0) is 48.2 Å². The number of amides is 1. The molecule has 0 saturated heterocycles. The number of benzene rings is 3. The van der Waals surface area contributed by atoms with Crippen LogP contribution in [0.4, 0.5) is 0 Å². The average molecular weight is 564 g/mol. The van der Waals surface area contributed by atoms with Crippen LogP contribution in [0, 0.1) is 0 Å². The van der Waals surface area contributed by atoms with Crippen LogP contribution in [-0.4, -0.2) is 44.4 Å². The van der Waals surface area contributed by atoms with Gasteiger partial charge in [-0.2, -0.15) is 0 Å². The van der Waals surface area contributed by atoms with E-state index in [4.69, 9.17) is 9.47 Å². The first-order chi connectivity index (χ1) is 20.5. The molecule has 0 spiro atoms. The summed E-state index contributed by atoms with van der Waals surface area (Å²) in [6, 6.07) is 23.8. The van der Waals surface area contributed by atoms with Crippen molar-refractivity contribution in [2.75, 3.05) is 13.2 Å². The number of carbonyl (C=O) groups is 2. The van der Waals surface area contributed by atoms with Crippen LogP contribution in [0.5, 0.6) is 11.5 Å². The van der Waals surface area contributed by atoms with Crippen LogP contribution in [-0.2, 0) is 22.7 Å². The Morgan fingerprint density at radius 2 is 1.74 bits per heavy atom. The minimum atomic E-state index is -0.796. The van der Waals surface area contributed by atoms with Crippen LogP contribution >= 0.6 is 0 Å². The highest BCUT2D eigenvalue weighted by atomic mass is 16.5. The van der Waals surface area contributed by atoms with Gasteiger partial charge in [0.05, 0.1) is 24.5 Å². The second-order valence-corrected chi connectivity index (χ2v) is 9.84. The number of rotatable bonds is 13. The predicted molar refractivity (Wildman–Crippen MR) is 160 cm³/mol. The lowest BCUT2D eigenvalue weighted by Gasteiger charge is -2.27. The van der Waals surface area contributed by atoms with Crippen LogP contribution < -0.4 is 9.47 Å². The molecule has 8 heteroatoms. The van der Waals surface area contributed by atoms with Gasteiger partial charge < -0.3 is 24.0 Å². The smallest absolute Gasteiger partial charge is 0.290 e. The second-order valence-electron chi connectivity index (χ2n) is 9.84. The van der Waals surface area contributed by atoms with Crippen LogP contribution in [0.25, 0.3) is 6.08 Å². The van der Waals surface area contributed by atoms with E-state index < -0.39 is 23.5 Å². The predicted octanol–water partition coefficient (Wildman–Crippen LogP) is 5.93. The number of hydrogen-bond acceptors (Lipinski definition) is 6. The van der Waals surface area contributed by atoms with Gasteiger partial charge in [0.1, 0.15) is 6.61 Å². The van der Waals surface area contributed by atoms with Gasteiger partial charge in [-0.3, -0.25) is 9.59 Å². The van der Waals surface area contributed by atoms with E-state index in [-0.39, 0.29) is 5.57 Å². The maximum atomic E-state index is 13.5. The molecule has 1 aliphatic heterocycles. The molecule has 0 fully saturated rings. The number of aromatic nitrogens is 2. The van der Waals surface area contributed by atoms with Crippen LogP contribution in [0.3, 0.4) is 0 Å². The van der Waals surface area contributed by atoms with E-state index in [1.807, 2.05) is 84.4 Å². The summed E-state index contributed by atoms with van der Waals surface area (Å²) >= 11 is 0. The summed E-state index contributed by atoms with van der Waals surface area (Å²) < 4.78 is 13.9. The molecule has 214 valence electrons. The molecule has 1 amide bonds. The van der Waals surface area contributed by atoms with E-state index in [9.17, 15) is 14.7 Å². The molecule has 1 aliphatic rings. The molecule has 0 bridgehead atoms. The quantitative estimate of drug-likeness (QED) is 0.203. The monoisotopic (exact) mass is 563 g/mol. The normalized spacial score (nSPS) is 15.0. The molecule has 42 heavy (non-hydrogen) atoms. The molecule has 2 heterocycles. The SMILES string of the molecule is CCOc1cc(C2C(C(=O)/C=C/c3ccccc3)=C(O)C(=O)N2CCCn2ccnc2)ccc1OCc1ccccc1. The number of hydrogen-bond donors (Lipinski definition) is 1. The number of imidazole rings is 1. The van der Waals surface area contributed by atoms with Gasteiger partial charge in [-0.1, -0.05) is 72.8 Å². The maximum Gasteiger partial charge on any atom is 0.290 e. The van der Waals surface area contributed by atoms with Crippen molar-refractivity contribution in [3.8, 4) is 11.5 Å². The Morgan fingerprint density at radius 3 is 2.45 bits per heavy atom. The van der Waals surface area contributed by atoms with E-state index in [1.54, 1.807) is 35.6 Å². The van der Waals surface area contributed by atoms with Crippen molar-refractivity contribution in [2.24, 2.45) is 0 Å². The molecule has 1 N–H and O–H groups in total. The summed E-state index contributed by atoms with van der Waals surface area (Å²) in [4.78, 5) is 32.5. The summed E-state index contributed by atoms with van der Waals surface area (Å²) in [5.41, 5.74) is 2.53. The molecule has 3 aromatic carbocycles. The fourth-order valence-electron chi connectivity index (χ4n) is 4.97. The minimum Gasteiger partial charge on any atom is -0.503 e. The number of aliphatic hydroxyl groups is 1. The molecular formula is C34H33N3O5. The van der Waals surface area contributed by atoms with E-state index in [0.717, 1.165) is 11.1 Å². The fraction of sp³-hybridized carbons (Fsp3) is 0.206. The first kappa shape index (κ1) is 28.4. The third-order valence-electron chi connectivity index (χ3n) is 6.99. The summed E-state index contributed by atoms with van der Waals surface area (Å²) in [5, 5.41) is 11.0. The molecule has 0 saturated carbocycles. The minimum absolute atomic E-state index is 0.0372. The topological polar surface area (TPSA) is 93.9 Å². The number of allylic oxidation sites excluding steroid dienone is 1. The van der Waals surface area contributed by atoms with E-state index in [1.165, 1.54) is 6.08 Å². The maximum absolute atomic E-state index is 13.5. The van der Waals surface area contributed by atoms with Crippen molar-refractivity contribution in [1.29, 1.82) is 0 Å². The fourth-order valence-corrected chi connectivity index (χ4v) is 4.97. The number of aliphatic hydroxyl groups excluding tert-OH is 1. The lowest BCUT2D eigenvalue weighted by Crippen LogP contribution is -2.32. The van der Waals surface area contributed by atoms with Gasteiger partial charge in [0.15, 0.2) is 23.0 Å². The van der Waals surface area contributed by atoms with E-state index >= 15 is 0 Å². The average Bonchev–Trinajstić information content (AvgIpc) is 3.63. The summed E-state index contributed by atoms with van der Waals surface area (Å²) in [7, 11) is 0. The number of nitrogens with zero attached hydrogens (tertiary/aromatic N) is 3. The third kappa shape index (κ3) is 6.61. The first-order valence-electron chi connectivity index (χ1n) is 14.0. The Labute approximate surface area is 245 Å². The molecule has 0 aliphatic carbocycles. The Hall–Kier alpha value is -5.11.